The lowest BCUT2D eigenvalue weighted by molar-refractivity contribution is -0.132. The van der Waals surface area contributed by atoms with E-state index in [0.29, 0.717) is 41.9 Å². The number of nitrogens with one attached hydrogen (secondary N) is 3. The molecule has 1 aliphatic heterocycles. The largest absolute Gasteiger partial charge is 0.453 e. The highest BCUT2D eigenvalue weighted by molar-refractivity contribution is 6.12. The van der Waals surface area contributed by atoms with Crippen molar-refractivity contribution in [1.29, 1.82) is 0 Å². The van der Waals surface area contributed by atoms with Crippen molar-refractivity contribution in [2.75, 3.05) is 28.7 Å². The number of aliphatic hydroxyl groups excluding tert-OH is 1. The van der Waals surface area contributed by atoms with Gasteiger partial charge in [0.2, 0.25) is 11.8 Å². The van der Waals surface area contributed by atoms with E-state index in [9.17, 15) is 19.1 Å². The van der Waals surface area contributed by atoms with Gasteiger partial charge >= 0.3 is 0 Å². The highest BCUT2D eigenvalue weighted by Crippen LogP contribution is 2.35. The van der Waals surface area contributed by atoms with E-state index >= 15 is 4.39 Å². The number of carbonyl (C=O) groups is 2. The lowest BCUT2D eigenvalue weighted by Gasteiger charge is -2.31. The number of hydrogen-bond acceptors (Lipinski definition) is 7. The maximum atomic E-state index is 15.0. The minimum atomic E-state index is -0.957. The molecule has 0 saturated carbocycles. The Morgan fingerprint density at radius 1 is 1.21 bits per heavy atom. The van der Waals surface area contributed by atoms with Crippen LogP contribution in [0.1, 0.15) is 19.8 Å². The molecule has 0 radical (unpaired) electrons. The maximum Gasteiger partial charge on any atom is 0.239 e. The van der Waals surface area contributed by atoms with E-state index in [0.717, 1.165) is 6.07 Å². The Kier molecular flexibility index (Phi) is 7.37. The number of carbonyl (C=O) groups excluding carboxylic acids is 2. The summed E-state index contributed by atoms with van der Waals surface area (Å²) < 4.78 is 34.2. The molecule has 2 aromatic heterocycles. The number of benzene rings is 2. The van der Waals surface area contributed by atoms with Gasteiger partial charge in [-0.1, -0.05) is 0 Å². The van der Waals surface area contributed by atoms with Crippen LogP contribution in [0.5, 0.6) is 11.5 Å². The number of aliphatic hydroxyl groups is 1. The molecule has 3 heterocycles. The fourth-order valence-corrected chi connectivity index (χ4v) is 4.40. The molecule has 4 N–H and O–H groups in total. The summed E-state index contributed by atoms with van der Waals surface area (Å²) >= 11 is 0. The van der Waals surface area contributed by atoms with Crippen molar-refractivity contribution in [3.8, 4) is 11.5 Å². The van der Waals surface area contributed by atoms with Crippen LogP contribution in [0.2, 0.25) is 0 Å². The number of H-pyrrole nitrogens is 1. The van der Waals surface area contributed by atoms with Crippen LogP contribution >= 0.6 is 0 Å². The first-order valence-corrected chi connectivity index (χ1v) is 12.4. The molecule has 12 heteroatoms. The summed E-state index contributed by atoms with van der Waals surface area (Å²) in [5.41, 5.74) is 1.09. The van der Waals surface area contributed by atoms with E-state index in [1.54, 1.807) is 13.0 Å². The Morgan fingerprint density at radius 2 is 2.00 bits per heavy atom. The molecular weight excluding hydrogens is 510 g/mol. The van der Waals surface area contributed by atoms with Crippen LogP contribution in [0.4, 0.5) is 26.0 Å². The Balaban J connectivity index is 1.30. The number of rotatable bonds is 8. The van der Waals surface area contributed by atoms with Crippen LogP contribution in [0.3, 0.4) is 0 Å². The summed E-state index contributed by atoms with van der Waals surface area (Å²) in [5.74, 6) is -2.48. The minimum absolute atomic E-state index is 0.0981. The van der Waals surface area contributed by atoms with Crippen LogP contribution in [0, 0.1) is 17.6 Å². The molecule has 0 bridgehead atoms. The van der Waals surface area contributed by atoms with Crippen molar-refractivity contribution < 1.29 is 28.2 Å². The third-order valence-corrected chi connectivity index (χ3v) is 6.39. The Hall–Kier alpha value is -4.58. The Labute approximate surface area is 222 Å². The fourth-order valence-electron chi connectivity index (χ4n) is 4.40. The van der Waals surface area contributed by atoms with Gasteiger partial charge in [0, 0.05) is 42.3 Å². The van der Waals surface area contributed by atoms with Crippen LogP contribution < -0.4 is 20.3 Å². The molecule has 39 heavy (non-hydrogen) atoms. The molecule has 4 aromatic rings. The lowest BCUT2D eigenvalue weighted by Crippen LogP contribution is -2.46. The molecule has 1 aliphatic rings. The van der Waals surface area contributed by atoms with Crippen molar-refractivity contribution >= 4 is 40.0 Å². The number of halogens is 2. The van der Waals surface area contributed by atoms with E-state index in [4.69, 9.17) is 4.74 Å². The second-order valence-electron chi connectivity index (χ2n) is 9.23. The molecule has 2 atom stereocenters. The second kappa shape index (κ2) is 11.0. The molecule has 1 fully saturated rings. The van der Waals surface area contributed by atoms with Gasteiger partial charge in [0.05, 0.1) is 6.61 Å². The van der Waals surface area contributed by atoms with Gasteiger partial charge in [-0.05, 0) is 56.2 Å². The quantitative estimate of drug-likeness (QED) is 0.248. The molecule has 10 nitrogen and oxygen atoms in total. The van der Waals surface area contributed by atoms with Gasteiger partial charge in [-0.25, -0.2) is 13.8 Å². The molecule has 2 aromatic carbocycles. The van der Waals surface area contributed by atoms with Gasteiger partial charge < -0.3 is 25.4 Å². The molecule has 202 valence electrons. The average molecular weight is 537 g/mol. The molecule has 2 amide bonds. The number of anilines is 3. The number of nitrogens with zero attached hydrogens (tertiary/aromatic N) is 3. The Morgan fingerprint density at radius 3 is 2.74 bits per heavy atom. The Bertz CT molecular complexity index is 1510. The third kappa shape index (κ3) is 5.50. The number of fused-ring (bicyclic) bond motifs is 1. The van der Waals surface area contributed by atoms with Gasteiger partial charge in [-0.3, -0.25) is 14.7 Å². The van der Waals surface area contributed by atoms with E-state index in [1.165, 1.54) is 47.5 Å². The van der Waals surface area contributed by atoms with Crippen molar-refractivity contribution in [3.63, 3.8) is 0 Å². The van der Waals surface area contributed by atoms with Gasteiger partial charge in [-0.2, -0.15) is 5.10 Å². The van der Waals surface area contributed by atoms with Gasteiger partial charge in [0.25, 0.3) is 0 Å². The van der Waals surface area contributed by atoms with Gasteiger partial charge in [-0.15, -0.1) is 0 Å². The topological polar surface area (TPSA) is 132 Å². The smallest absolute Gasteiger partial charge is 0.239 e. The summed E-state index contributed by atoms with van der Waals surface area (Å²) in [6.45, 7) is 2.07. The number of aromatic amines is 1. The zero-order valence-electron chi connectivity index (χ0n) is 20.9. The van der Waals surface area contributed by atoms with Crippen molar-refractivity contribution in [2.24, 2.45) is 5.92 Å². The minimum Gasteiger partial charge on any atom is -0.453 e. The van der Waals surface area contributed by atoms with Crippen LogP contribution in [0.15, 0.2) is 54.7 Å². The zero-order chi connectivity index (χ0) is 27.5. The monoisotopic (exact) mass is 536 g/mol. The van der Waals surface area contributed by atoms with Crippen molar-refractivity contribution in [2.45, 2.75) is 25.8 Å². The second-order valence-corrected chi connectivity index (χ2v) is 9.23. The van der Waals surface area contributed by atoms with E-state index < -0.39 is 29.4 Å². The summed E-state index contributed by atoms with van der Waals surface area (Å²) in [5, 5.41) is 22.4. The third-order valence-electron chi connectivity index (χ3n) is 6.39. The van der Waals surface area contributed by atoms with Gasteiger partial charge in [0.1, 0.15) is 22.9 Å². The predicted octanol–water partition coefficient (Wildman–Crippen LogP) is 4.20. The first-order valence-electron chi connectivity index (χ1n) is 12.4. The summed E-state index contributed by atoms with van der Waals surface area (Å²) in [7, 11) is 0. The molecule has 1 saturated heterocycles. The number of aromatic nitrogens is 3. The normalized spacial score (nSPS) is 16.3. The van der Waals surface area contributed by atoms with Crippen LogP contribution in [-0.2, 0) is 9.59 Å². The standard InChI is InChI=1S/C27H26F2N6O4/c1-15(14-36)31-25-23-22(10-11-30-24(23)33-34-25)39-21-9-6-17(13-20(21)29)32-26(37)19-3-2-12-35(27(19)38)18-7-4-16(28)5-8-18/h4-11,13,15,19,36H,2-3,12,14H2,1H3,(H,32,37)(H2,30,31,33,34). The number of hydrogen-bond donors (Lipinski definition) is 4. The lowest BCUT2D eigenvalue weighted by atomic mass is 9.95. The molecule has 0 spiro atoms. The first kappa shape index (κ1) is 26.0. The molecule has 5 rings (SSSR count). The number of ether oxygens (including phenoxy) is 1. The summed E-state index contributed by atoms with van der Waals surface area (Å²) in [6, 6.07) is 10.7. The molecular formula is C27H26F2N6O4. The van der Waals surface area contributed by atoms with E-state index in [2.05, 4.69) is 25.8 Å². The number of pyridine rings is 1. The SMILES string of the molecule is CC(CO)Nc1n[nH]c2nccc(Oc3ccc(NC(=O)C4CCCN(c5ccc(F)cc5)C4=O)cc3F)c12. The molecule has 2 unspecified atom stereocenters. The van der Waals surface area contributed by atoms with E-state index in [-0.39, 0.29) is 29.8 Å². The highest BCUT2D eigenvalue weighted by Gasteiger charge is 2.35. The van der Waals surface area contributed by atoms with E-state index in [1.807, 2.05) is 0 Å². The highest BCUT2D eigenvalue weighted by atomic mass is 19.1. The summed E-state index contributed by atoms with van der Waals surface area (Å²) in [6.07, 6.45) is 2.42. The van der Waals surface area contributed by atoms with Gasteiger partial charge in [0.15, 0.2) is 23.0 Å². The number of amides is 2. The summed E-state index contributed by atoms with van der Waals surface area (Å²) in [4.78, 5) is 31.6. The first-order chi connectivity index (χ1) is 18.8. The fraction of sp³-hybridized carbons (Fsp3) is 0.259. The maximum absolute atomic E-state index is 15.0. The van der Waals surface area contributed by atoms with Crippen LogP contribution in [0.25, 0.3) is 11.0 Å². The zero-order valence-corrected chi connectivity index (χ0v) is 20.9. The predicted molar refractivity (Wildman–Crippen MR) is 141 cm³/mol. The van der Waals surface area contributed by atoms with Crippen molar-refractivity contribution in [3.05, 3.63) is 66.4 Å². The number of piperidine rings is 1. The van der Waals surface area contributed by atoms with Crippen molar-refractivity contribution in [1.82, 2.24) is 15.2 Å². The molecule has 0 aliphatic carbocycles. The average Bonchev–Trinajstić information content (AvgIpc) is 3.34. The van der Waals surface area contributed by atoms with Crippen LogP contribution in [-0.4, -0.2) is 51.3 Å².